The number of ether oxygens (including phenoxy) is 1. The molecule has 4 aromatic rings. The summed E-state index contributed by atoms with van der Waals surface area (Å²) < 4.78 is 6.61. The van der Waals surface area contributed by atoms with Gasteiger partial charge in [0.25, 0.3) is 5.56 Å². The van der Waals surface area contributed by atoms with Gasteiger partial charge in [-0.25, -0.2) is 9.36 Å². The van der Waals surface area contributed by atoms with Crippen molar-refractivity contribution >= 4 is 51.6 Å². The molecule has 0 amide bonds. The van der Waals surface area contributed by atoms with Crippen molar-refractivity contribution in [3.63, 3.8) is 0 Å². The molecule has 0 aliphatic heterocycles. The van der Waals surface area contributed by atoms with E-state index in [0.717, 1.165) is 41.7 Å². The average molecular weight is 521 g/mol. The van der Waals surface area contributed by atoms with Crippen LogP contribution in [-0.4, -0.2) is 28.5 Å². The van der Waals surface area contributed by atoms with Gasteiger partial charge in [0.05, 0.1) is 23.4 Å². The highest BCUT2D eigenvalue weighted by Crippen LogP contribution is 2.39. The number of thiophene rings is 1. The lowest BCUT2D eigenvalue weighted by molar-refractivity contribution is 0.0525. The van der Waals surface area contributed by atoms with Crippen molar-refractivity contribution in [2.45, 2.75) is 39.5 Å². The number of aliphatic imine (C=N–C) groups is 1. The quantitative estimate of drug-likeness (QED) is 0.240. The number of fused-ring (bicyclic) bond motifs is 2. The Balaban J connectivity index is 1.79. The summed E-state index contributed by atoms with van der Waals surface area (Å²) in [6, 6.07) is 12.5. The molecule has 2 aromatic heterocycles. The maximum atomic E-state index is 13.7. The van der Waals surface area contributed by atoms with Gasteiger partial charge in [-0.15, -0.1) is 11.3 Å². The molecule has 0 unspecified atom stereocenters. The first-order valence-corrected chi connectivity index (χ1v) is 13.1. The van der Waals surface area contributed by atoms with Crippen molar-refractivity contribution in [2.75, 3.05) is 6.61 Å². The summed E-state index contributed by atoms with van der Waals surface area (Å²) >= 11 is 7.54. The molecule has 1 aliphatic rings. The third-order valence-electron chi connectivity index (χ3n) is 6.44. The lowest BCUT2D eigenvalue weighted by Gasteiger charge is -2.15. The van der Waals surface area contributed by atoms with Crippen LogP contribution in [0.15, 0.2) is 52.3 Å². The van der Waals surface area contributed by atoms with Gasteiger partial charge in [-0.05, 0) is 68.9 Å². The molecule has 6 nitrogen and oxygen atoms in total. The number of carbonyl (C=O) groups excluding carboxylic acids is 1. The Kier molecular flexibility index (Phi) is 6.69. The Morgan fingerprint density at radius 3 is 2.72 bits per heavy atom. The molecule has 0 bridgehead atoms. The van der Waals surface area contributed by atoms with E-state index in [1.54, 1.807) is 49.5 Å². The molecule has 2 aromatic carbocycles. The van der Waals surface area contributed by atoms with Crippen molar-refractivity contribution < 1.29 is 14.6 Å². The van der Waals surface area contributed by atoms with Crippen LogP contribution in [0.25, 0.3) is 15.8 Å². The first-order chi connectivity index (χ1) is 17.4. The van der Waals surface area contributed by atoms with Crippen LogP contribution in [0.4, 0.5) is 5.69 Å². The van der Waals surface area contributed by atoms with Crippen molar-refractivity contribution in [1.82, 2.24) is 4.57 Å². The molecule has 36 heavy (non-hydrogen) atoms. The van der Waals surface area contributed by atoms with Crippen LogP contribution in [0.3, 0.4) is 0 Å². The highest BCUT2D eigenvalue weighted by Gasteiger charge is 2.30. The standard InChI is InChI=1S/C28H25ClN2O4S/c1-3-35-28(34)24-20-10-6-7-11-23(20)36-27(24)31-25(32)19-9-5-4-8-18(19)21(26(31)33)15-30-22-14-17(29)13-12-16(22)2/h4-5,8-9,12-15,33H,3,6-7,10-11H2,1-2H3. The number of aromatic nitrogens is 1. The molecule has 0 radical (unpaired) electrons. The van der Waals surface area contributed by atoms with Gasteiger partial charge in [-0.3, -0.25) is 9.79 Å². The summed E-state index contributed by atoms with van der Waals surface area (Å²) in [7, 11) is 0. The SMILES string of the molecule is CCOC(=O)c1c(-n2c(O)c(C=Nc3cc(Cl)ccc3C)c3ccccc3c2=O)sc2c1CCCC2. The van der Waals surface area contributed by atoms with Gasteiger partial charge in [-0.1, -0.05) is 35.9 Å². The van der Waals surface area contributed by atoms with Crippen LogP contribution >= 0.6 is 22.9 Å². The molecule has 0 saturated carbocycles. The fraction of sp³-hybridized carbons (Fsp3) is 0.250. The minimum Gasteiger partial charge on any atom is -0.494 e. The molecule has 184 valence electrons. The zero-order valence-corrected chi connectivity index (χ0v) is 21.6. The molecule has 8 heteroatoms. The second-order valence-electron chi connectivity index (χ2n) is 8.72. The Morgan fingerprint density at radius 1 is 1.19 bits per heavy atom. The number of aryl methyl sites for hydroxylation is 2. The number of benzene rings is 2. The summed E-state index contributed by atoms with van der Waals surface area (Å²) in [5, 5.41) is 13.4. The molecule has 0 fully saturated rings. The van der Waals surface area contributed by atoms with E-state index in [4.69, 9.17) is 16.3 Å². The minimum atomic E-state index is -0.476. The maximum Gasteiger partial charge on any atom is 0.341 e. The maximum absolute atomic E-state index is 13.7. The smallest absolute Gasteiger partial charge is 0.341 e. The van der Waals surface area contributed by atoms with E-state index >= 15 is 0 Å². The van der Waals surface area contributed by atoms with E-state index < -0.39 is 11.5 Å². The fourth-order valence-electron chi connectivity index (χ4n) is 4.66. The van der Waals surface area contributed by atoms with Crippen molar-refractivity contribution in [2.24, 2.45) is 4.99 Å². The molecule has 2 heterocycles. The van der Waals surface area contributed by atoms with Crippen LogP contribution in [-0.2, 0) is 17.6 Å². The summed E-state index contributed by atoms with van der Waals surface area (Å²) in [5.41, 5.74) is 2.85. The third kappa shape index (κ3) is 4.22. The average Bonchev–Trinajstić information content (AvgIpc) is 3.25. The van der Waals surface area contributed by atoms with Crippen molar-refractivity contribution in [3.8, 4) is 10.9 Å². The van der Waals surface area contributed by atoms with E-state index in [9.17, 15) is 14.7 Å². The Morgan fingerprint density at radius 2 is 1.94 bits per heavy atom. The number of esters is 1. The Hall–Kier alpha value is -3.42. The van der Waals surface area contributed by atoms with Gasteiger partial charge in [0.1, 0.15) is 5.00 Å². The number of pyridine rings is 1. The van der Waals surface area contributed by atoms with Crippen LogP contribution in [0, 0.1) is 6.92 Å². The van der Waals surface area contributed by atoms with Gasteiger partial charge in [0, 0.05) is 26.9 Å². The lowest BCUT2D eigenvalue weighted by Crippen LogP contribution is -2.22. The molecule has 1 aliphatic carbocycles. The van der Waals surface area contributed by atoms with E-state index in [2.05, 4.69) is 4.99 Å². The van der Waals surface area contributed by atoms with Gasteiger partial charge >= 0.3 is 5.97 Å². The second kappa shape index (κ2) is 9.91. The molecule has 0 saturated heterocycles. The molecule has 0 atom stereocenters. The van der Waals surface area contributed by atoms with E-state index in [1.165, 1.54) is 15.9 Å². The van der Waals surface area contributed by atoms with Crippen molar-refractivity contribution in [3.05, 3.63) is 85.0 Å². The first kappa shape index (κ1) is 24.3. The number of halogens is 1. The fourth-order valence-corrected chi connectivity index (χ4v) is 6.20. The highest BCUT2D eigenvalue weighted by molar-refractivity contribution is 7.15. The Bertz CT molecular complexity index is 1580. The number of nitrogens with zero attached hydrogens (tertiary/aromatic N) is 2. The van der Waals surface area contributed by atoms with Crippen LogP contribution in [0.2, 0.25) is 5.02 Å². The van der Waals surface area contributed by atoms with Gasteiger partial charge in [-0.2, -0.15) is 0 Å². The predicted octanol–water partition coefficient (Wildman–Crippen LogP) is 6.53. The van der Waals surface area contributed by atoms with E-state index in [0.29, 0.717) is 37.6 Å². The second-order valence-corrected chi connectivity index (χ2v) is 10.2. The Labute approximate surface area is 217 Å². The zero-order valence-electron chi connectivity index (χ0n) is 20.0. The highest BCUT2D eigenvalue weighted by atomic mass is 35.5. The monoisotopic (exact) mass is 520 g/mol. The number of hydrogen-bond donors (Lipinski definition) is 1. The largest absolute Gasteiger partial charge is 0.494 e. The van der Waals surface area contributed by atoms with E-state index in [-0.39, 0.29) is 12.5 Å². The summed E-state index contributed by atoms with van der Waals surface area (Å²) in [6.45, 7) is 3.89. The number of hydrogen-bond acceptors (Lipinski definition) is 6. The van der Waals surface area contributed by atoms with Gasteiger partial charge in [0.2, 0.25) is 5.88 Å². The van der Waals surface area contributed by atoms with E-state index in [1.807, 2.05) is 13.0 Å². The zero-order chi connectivity index (χ0) is 25.4. The number of rotatable bonds is 5. The molecule has 1 N–H and O–H groups in total. The number of carbonyl (C=O) groups is 1. The molecule has 0 spiro atoms. The number of aromatic hydroxyl groups is 1. The van der Waals surface area contributed by atoms with Crippen molar-refractivity contribution in [1.29, 1.82) is 0 Å². The molecular weight excluding hydrogens is 496 g/mol. The van der Waals surface area contributed by atoms with Gasteiger partial charge < -0.3 is 9.84 Å². The normalized spacial score (nSPS) is 13.3. The molecule has 5 rings (SSSR count). The summed E-state index contributed by atoms with van der Waals surface area (Å²) in [4.78, 5) is 32.4. The summed E-state index contributed by atoms with van der Waals surface area (Å²) in [5.74, 6) is -0.748. The lowest BCUT2D eigenvalue weighted by atomic mass is 9.95. The first-order valence-electron chi connectivity index (χ1n) is 11.9. The van der Waals surface area contributed by atoms with Crippen LogP contribution in [0.1, 0.15) is 51.7 Å². The molecular formula is C28H25ClN2O4S. The third-order valence-corrected chi connectivity index (χ3v) is 7.95. The van der Waals surface area contributed by atoms with Gasteiger partial charge in [0.15, 0.2) is 0 Å². The van der Waals surface area contributed by atoms with Crippen LogP contribution < -0.4 is 5.56 Å². The topological polar surface area (TPSA) is 80.9 Å². The predicted molar refractivity (Wildman–Crippen MR) is 145 cm³/mol. The van der Waals surface area contributed by atoms with Crippen LogP contribution in [0.5, 0.6) is 5.88 Å². The summed E-state index contributed by atoms with van der Waals surface area (Å²) in [6.07, 6.45) is 5.10. The minimum absolute atomic E-state index is 0.221.